The molecule has 2 N–H and O–H groups in total. The molecule has 2 aliphatic rings. The minimum atomic E-state index is -0.755. The van der Waals surface area contributed by atoms with Gasteiger partial charge >= 0.3 is 0 Å². The van der Waals surface area contributed by atoms with Gasteiger partial charge in [0.2, 0.25) is 11.8 Å². The fourth-order valence-corrected chi connectivity index (χ4v) is 4.21. The number of fused-ring (bicyclic) bond motifs is 3. The number of hydrogen-bond donors (Lipinski definition) is 2. The lowest BCUT2D eigenvalue weighted by atomic mass is 9.98. The minimum Gasteiger partial charge on any atom is -0.349 e. The summed E-state index contributed by atoms with van der Waals surface area (Å²) in [4.78, 5) is 41.4. The molecule has 1 aromatic carbocycles. The number of hydrogen-bond acceptors (Lipinski definition) is 5. The summed E-state index contributed by atoms with van der Waals surface area (Å²) < 4.78 is 2.16. The number of carbonyl (C=O) groups excluding carboxylic acids is 3. The van der Waals surface area contributed by atoms with E-state index in [-0.39, 0.29) is 37.2 Å². The van der Waals surface area contributed by atoms with Crippen molar-refractivity contribution in [2.45, 2.75) is 38.4 Å². The zero-order valence-electron chi connectivity index (χ0n) is 16.3. The molecule has 2 aliphatic heterocycles. The van der Waals surface area contributed by atoms with Gasteiger partial charge in [0.05, 0.1) is 17.8 Å². The molecule has 152 valence electrons. The molecule has 1 unspecified atom stereocenters. The fourth-order valence-electron chi connectivity index (χ4n) is 4.06. The van der Waals surface area contributed by atoms with Gasteiger partial charge in [0.15, 0.2) is 10.6 Å². The minimum absolute atomic E-state index is 0.00680. The fraction of sp³-hybridized carbons (Fsp3) is 0.421. The molecular formula is C19H22N6O3S. The highest BCUT2D eigenvalue weighted by Crippen LogP contribution is 2.43. The topological polar surface area (TPSA) is 103 Å². The van der Waals surface area contributed by atoms with Crippen molar-refractivity contribution in [1.82, 2.24) is 25.0 Å². The number of carbonyl (C=O) groups is 3. The van der Waals surface area contributed by atoms with Crippen molar-refractivity contribution in [3.8, 4) is 0 Å². The number of nitrogens with zero attached hydrogens (tertiary/aromatic N) is 4. The summed E-state index contributed by atoms with van der Waals surface area (Å²) in [5.74, 6) is 0.250. The van der Waals surface area contributed by atoms with Crippen LogP contribution in [0.1, 0.15) is 42.4 Å². The van der Waals surface area contributed by atoms with E-state index in [1.54, 1.807) is 39.6 Å². The van der Waals surface area contributed by atoms with Gasteiger partial charge in [-0.05, 0) is 37.7 Å². The average Bonchev–Trinajstić information content (AvgIpc) is 3.19. The molecular weight excluding hydrogens is 392 g/mol. The highest BCUT2D eigenvalue weighted by Gasteiger charge is 2.52. The molecule has 0 aliphatic carbocycles. The first-order valence-corrected chi connectivity index (χ1v) is 9.85. The van der Waals surface area contributed by atoms with Crippen LogP contribution in [0.25, 0.3) is 0 Å². The maximum Gasteiger partial charge on any atom is 0.257 e. The Morgan fingerprint density at radius 2 is 2.10 bits per heavy atom. The number of aromatic amines is 1. The number of aromatic nitrogens is 3. The van der Waals surface area contributed by atoms with E-state index in [1.165, 1.54) is 0 Å². The standard InChI is InChI=1S/C19H22N6O3S/c1-19-9-7-16(27)25(19)13-6-4-3-5-12(13)17(28)24(19)10-8-15(26)20-11-14-21-22-18(29)23(14)2/h3-6H,7-11H2,1-2H3,(H,20,26)(H,22,29). The van der Waals surface area contributed by atoms with Gasteiger partial charge in [-0.1, -0.05) is 12.1 Å². The normalized spacial score (nSPS) is 20.6. The van der Waals surface area contributed by atoms with Crippen LogP contribution in [0.15, 0.2) is 24.3 Å². The third kappa shape index (κ3) is 3.13. The molecule has 3 amide bonds. The molecule has 0 saturated carbocycles. The second-order valence-corrected chi connectivity index (χ2v) is 7.84. The van der Waals surface area contributed by atoms with Crippen LogP contribution in [0.2, 0.25) is 0 Å². The molecule has 3 heterocycles. The summed E-state index contributed by atoms with van der Waals surface area (Å²) in [7, 11) is 1.77. The number of para-hydroxylation sites is 1. The molecule has 1 atom stereocenters. The van der Waals surface area contributed by atoms with Gasteiger partial charge in [-0.2, -0.15) is 5.10 Å². The van der Waals surface area contributed by atoms with Crippen molar-refractivity contribution in [3.05, 3.63) is 40.4 Å². The molecule has 2 aromatic rings. The average molecular weight is 414 g/mol. The zero-order valence-corrected chi connectivity index (χ0v) is 17.1. The van der Waals surface area contributed by atoms with E-state index in [0.717, 1.165) is 0 Å². The van der Waals surface area contributed by atoms with Gasteiger partial charge in [0.25, 0.3) is 5.91 Å². The number of H-pyrrole nitrogens is 1. The first kappa shape index (κ1) is 19.3. The Morgan fingerprint density at radius 1 is 1.34 bits per heavy atom. The van der Waals surface area contributed by atoms with Gasteiger partial charge in [0, 0.05) is 26.4 Å². The predicted molar refractivity (Wildman–Crippen MR) is 107 cm³/mol. The van der Waals surface area contributed by atoms with Crippen LogP contribution in [0.5, 0.6) is 0 Å². The van der Waals surface area contributed by atoms with Gasteiger partial charge in [-0.15, -0.1) is 0 Å². The molecule has 0 bridgehead atoms. The van der Waals surface area contributed by atoms with Gasteiger partial charge < -0.3 is 14.8 Å². The SMILES string of the molecule is Cn1c(CNC(=O)CCN2C(=O)c3ccccc3N3C(=O)CCC23C)n[nH]c1=S. The summed E-state index contributed by atoms with van der Waals surface area (Å²) in [6.45, 7) is 2.35. The van der Waals surface area contributed by atoms with Crippen LogP contribution in [-0.4, -0.2) is 49.6 Å². The monoisotopic (exact) mass is 414 g/mol. The largest absolute Gasteiger partial charge is 0.349 e. The third-order valence-electron chi connectivity index (χ3n) is 5.72. The number of rotatable bonds is 5. The van der Waals surface area contributed by atoms with Crippen molar-refractivity contribution >= 4 is 35.6 Å². The quantitative estimate of drug-likeness (QED) is 0.722. The number of anilines is 1. The molecule has 0 spiro atoms. The Kier molecular flexibility index (Phi) is 4.73. The smallest absolute Gasteiger partial charge is 0.257 e. The maximum absolute atomic E-state index is 13.1. The van der Waals surface area contributed by atoms with Crippen LogP contribution in [0.3, 0.4) is 0 Å². The lowest BCUT2D eigenvalue weighted by molar-refractivity contribution is -0.121. The lowest BCUT2D eigenvalue weighted by Crippen LogP contribution is -2.62. The van der Waals surface area contributed by atoms with Crippen molar-refractivity contribution in [2.24, 2.45) is 7.05 Å². The van der Waals surface area contributed by atoms with E-state index in [4.69, 9.17) is 12.2 Å². The van der Waals surface area contributed by atoms with Crippen LogP contribution in [-0.2, 0) is 23.2 Å². The second-order valence-electron chi connectivity index (χ2n) is 7.45. The Hall–Kier alpha value is -3.01. The van der Waals surface area contributed by atoms with E-state index in [0.29, 0.717) is 34.7 Å². The number of amides is 3. The Balaban J connectivity index is 1.49. The van der Waals surface area contributed by atoms with Crippen LogP contribution in [0.4, 0.5) is 5.69 Å². The Labute approximate surface area is 172 Å². The Bertz CT molecular complexity index is 1060. The van der Waals surface area contributed by atoms with Crippen molar-refractivity contribution in [1.29, 1.82) is 0 Å². The maximum atomic E-state index is 13.1. The summed E-state index contributed by atoms with van der Waals surface area (Å²) in [5.41, 5.74) is 0.380. The van der Waals surface area contributed by atoms with Crippen molar-refractivity contribution < 1.29 is 14.4 Å². The predicted octanol–water partition coefficient (Wildman–Crippen LogP) is 1.48. The van der Waals surface area contributed by atoms with E-state index >= 15 is 0 Å². The van der Waals surface area contributed by atoms with E-state index in [2.05, 4.69) is 15.5 Å². The molecule has 4 rings (SSSR count). The molecule has 1 fully saturated rings. The van der Waals surface area contributed by atoms with E-state index in [1.807, 2.05) is 13.0 Å². The first-order chi connectivity index (χ1) is 13.8. The van der Waals surface area contributed by atoms with Gasteiger partial charge in [-0.25, -0.2) is 0 Å². The summed E-state index contributed by atoms with van der Waals surface area (Å²) in [6.07, 6.45) is 1.04. The lowest BCUT2D eigenvalue weighted by Gasteiger charge is -2.48. The van der Waals surface area contributed by atoms with Crippen molar-refractivity contribution in [3.63, 3.8) is 0 Å². The van der Waals surface area contributed by atoms with Crippen LogP contribution < -0.4 is 10.2 Å². The molecule has 0 radical (unpaired) electrons. The van der Waals surface area contributed by atoms with E-state index in [9.17, 15) is 14.4 Å². The van der Waals surface area contributed by atoms with E-state index < -0.39 is 5.66 Å². The molecule has 10 heteroatoms. The first-order valence-electron chi connectivity index (χ1n) is 9.44. The third-order valence-corrected chi connectivity index (χ3v) is 6.09. The van der Waals surface area contributed by atoms with Crippen LogP contribution >= 0.6 is 12.2 Å². The number of nitrogens with one attached hydrogen (secondary N) is 2. The zero-order chi connectivity index (χ0) is 20.8. The van der Waals surface area contributed by atoms with Gasteiger partial charge in [0.1, 0.15) is 5.66 Å². The second kappa shape index (κ2) is 7.11. The van der Waals surface area contributed by atoms with Crippen LogP contribution in [0, 0.1) is 4.77 Å². The van der Waals surface area contributed by atoms with Gasteiger partial charge in [-0.3, -0.25) is 24.4 Å². The highest BCUT2D eigenvalue weighted by atomic mass is 32.1. The summed E-state index contributed by atoms with van der Waals surface area (Å²) in [6, 6.07) is 7.13. The highest BCUT2D eigenvalue weighted by molar-refractivity contribution is 7.71. The molecule has 29 heavy (non-hydrogen) atoms. The summed E-state index contributed by atoms with van der Waals surface area (Å²) >= 11 is 5.06. The Morgan fingerprint density at radius 3 is 2.83 bits per heavy atom. The summed E-state index contributed by atoms with van der Waals surface area (Å²) in [5, 5.41) is 9.53. The molecule has 9 nitrogen and oxygen atoms in total. The molecule has 1 saturated heterocycles. The van der Waals surface area contributed by atoms with Crippen molar-refractivity contribution in [2.75, 3.05) is 11.4 Å². The number of benzene rings is 1. The molecule has 1 aromatic heterocycles.